The number of benzene rings is 1. The van der Waals surface area contributed by atoms with Crippen molar-refractivity contribution in [3.8, 4) is 0 Å². The topological polar surface area (TPSA) is 18.5 Å². The van der Waals surface area contributed by atoms with Crippen molar-refractivity contribution in [2.24, 2.45) is 0 Å². The summed E-state index contributed by atoms with van der Waals surface area (Å²) in [6.07, 6.45) is 2.89. The van der Waals surface area contributed by atoms with Crippen molar-refractivity contribution in [2.75, 3.05) is 6.61 Å². The Morgan fingerprint density at radius 3 is 2.76 bits per heavy atom. The van der Waals surface area contributed by atoms with Gasteiger partial charge in [-0.15, -0.1) is 0 Å². The predicted molar refractivity (Wildman–Crippen MR) is 68.7 cm³/mol. The molecule has 2 nitrogen and oxygen atoms in total. The van der Waals surface area contributed by atoms with Crippen molar-refractivity contribution < 1.29 is 9.47 Å². The van der Waals surface area contributed by atoms with Gasteiger partial charge in [0.15, 0.2) is 6.29 Å². The smallest absolute Gasteiger partial charge is 0.178 e. The van der Waals surface area contributed by atoms with Gasteiger partial charge >= 0.3 is 0 Å². The Labute approximate surface area is 103 Å². The van der Waals surface area contributed by atoms with Gasteiger partial charge in [0.1, 0.15) is 5.60 Å². The highest BCUT2D eigenvalue weighted by Gasteiger charge is 2.37. The standard InChI is InChI=1S/C15H20O2/c1-4-12(2)10-14-16-11-15(3,17-14)13-8-6-5-7-9-13/h5-10,14H,4,11H2,1-3H3. The summed E-state index contributed by atoms with van der Waals surface area (Å²) in [6, 6.07) is 10.3. The lowest BCUT2D eigenvalue weighted by molar-refractivity contribution is -0.0542. The molecule has 1 aromatic carbocycles. The second-order valence-corrected chi connectivity index (χ2v) is 4.76. The molecule has 17 heavy (non-hydrogen) atoms. The normalized spacial score (nSPS) is 29.6. The molecule has 0 amide bonds. The van der Waals surface area contributed by atoms with E-state index in [1.165, 1.54) is 11.1 Å². The van der Waals surface area contributed by atoms with Gasteiger partial charge in [-0.1, -0.05) is 42.8 Å². The Hall–Kier alpha value is -1.12. The highest BCUT2D eigenvalue weighted by molar-refractivity contribution is 5.23. The summed E-state index contributed by atoms with van der Waals surface area (Å²) in [5, 5.41) is 0. The zero-order chi connectivity index (χ0) is 12.3. The van der Waals surface area contributed by atoms with Crippen LogP contribution in [0, 0.1) is 0 Å². The van der Waals surface area contributed by atoms with Crippen LogP contribution in [0.5, 0.6) is 0 Å². The Kier molecular flexibility index (Phi) is 3.65. The SMILES string of the molecule is CCC(C)=CC1OCC(C)(c2ccccc2)O1. The lowest BCUT2D eigenvalue weighted by Gasteiger charge is -2.22. The number of ether oxygens (including phenoxy) is 2. The minimum atomic E-state index is -0.323. The lowest BCUT2D eigenvalue weighted by Crippen LogP contribution is -2.24. The van der Waals surface area contributed by atoms with Crippen molar-refractivity contribution in [3.63, 3.8) is 0 Å². The Morgan fingerprint density at radius 2 is 2.12 bits per heavy atom. The van der Waals surface area contributed by atoms with Crippen LogP contribution in [0.3, 0.4) is 0 Å². The van der Waals surface area contributed by atoms with Crippen LogP contribution >= 0.6 is 0 Å². The van der Waals surface area contributed by atoms with Crippen LogP contribution in [-0.2, 0) is 15.1 Å². The van der Waals surface area contributed by atoms with E-state index < -0.39 is 0 Å². The maximum atomic E-state index is 6.01. The molecule has 0 spiro atoms. The third-order valence-electron chi connectivity index (χ3n) is 3.26. The molecule has 0 aliphatic carbocycles. The number of hydrogen-bond donors (Lipinski definition) is 0. The van der Waals surface area contributed by atoms with Crippen LogP contribution in [0.2, 0.25) is 0 Å². The molecule has 1 fully saturated rings. The molecule has 1 aliphatic rings. The predicted octanol–water partition coefficient (Wildman–Crippen LogP) is 3.63. The molecular weight excluding hydrogens is 212 g/mol. The van der Waals surface area contributed by atoms with Gasteiger partial charge in [-0.3, -0.25) is 0 Å². The molecule has 2 unspecified atom stereocenters. The Bertz CT molecular complexity index is 397. The molecule has 2 rings (SSSR count). The molecule has 92 valence electrons. The number of rotatable bonds is 3. The molecule has 1 aliphatic heterocycles. The van der Waals surface area contributed by atoms with Crippen molar-refractivity contribution >= 4 is 0 Å². The van der Waals surface area contributed by atoms with Crippen LogP contribution in [0.15, 0.2) is 42.0 Å². The van der Waals surface area contributed by atoms with E-state index in [-0.39, 0.29) is 11.9 Å². The van der Waals surface area contributed by atoms with Gasteiger partial charge in [0.25, 0.3) is 0 Å². The van der Waals surface area contributed by atoms with Gasteiger partial charge in [-0.2, -0.15) is 0 Å². The number of allylic oxidation sites excluding steroid dienone is 1. The fourth-order valence-corrected chi connectivity index (χ4v) is 1.94. The molecule has 0 aromatic heterocycles. The molecule has 0 saturated carbocycles. The maximum Gasteiger partial charge on any atom is 0.178 e. The number of hydrogen-bond acceptors (Lipinski definition) is 2. The summed E-state index contributed by atoms with van der Waals surface area (Å²) in [5.74, 6) is 0. The molecule has 0 radical (unpaired) electrons. The minimum Gasteiger partial charge on any atom is -0.346 e. The van der Waals surface area contributed by atoms with Gasteiger partial charge in [-0.25, -0.2) is 0 Å². The maximum absolute atomic E-state index is 6.01. The molecule has 2 atom stereocenters. The van der Waals surface area contributed by atoms with Crippen LogP contribution in [0.1, 0.15) is 32.8 Å². The third kappa shape index (κ3) is 2.76. The van der Waals surface area contributed by atoms with Crippen LogP contribution < -0.4 is 0 Å². The highest BCUT2D eigenvalue weighted by atomic mass is 16.7. The molecule has 2 heteroatoms. The van der Waals surface area contributed by atoms with Crippen molar-refractivity contribution in [3.05, 3.63) is 47.5 Å². The van der Waals surface area contributed by atoms with E-state index in [2.05, 4.69) is 39.0 Å². The zero-order valence-corrected chi connectivity index (χ0v) is 10.8. The monoisotopic (exact) mass is 232 g/mol. The van der Waals surface area contributed by atoms with Gasteiger partial charge in [-0.05, 0) is 31.9 Å². The minimum absolute atomic E-state index is 0.208. The quantitative estimate of drug-likeness (QED) is 0.741. The Morgan fingerprint density at radius 1 is 1.41 bits per heavy atom. The van der Waals surface area contributed by atoms with Gasteiger partial charge in [0, 0.05) is 0 Å². The second-order valence-electron chi connectivity index (χ2n) is 4.76. The van der Waals surface area contributed by atoms with Crippen molar-refractivity contribution in [2.45, 2.75) is 39.1 Å². The largest absolute Gasteiger partial charge is 0.346 e. The van der Waals surface area contributed by atoms with E-state index in [0.717, 1.165) is 6.42 Å². The molecule has 0 N–H and O–H groups in total. The first-order valence-corrected chi connectivity index (χ1v) is 6.16. The van der Waals surface area contributed by atoms with Gasteiger partial charge in [0.05, 0.1) is 6.61 Å². The first kappa shape index (κ1) is 12.3. The highest BCUT2D eigenvalue weighted by Crippen LogP contribution is 2.33. The van der Waals surface area contributed by atoms with E-state index >= 15 is 0 Å². The summed E-state index contributed by atoms with van der Waals surface area (Å²) >= 11 is 0. The first-order valence-electron chi connectivity index (χ1n) is 6.16. The van der Waals surface area contributed by atoms with E-state index in [9.17, 15) is 0 Å². The van der Waals surface area contributed by atoms with E-state index in [1.54, 1.807) is 0 Å². The molecule has 1 saturated heterocycles. The van der Waals surface area contributed by atoms with Gasteiger partial charge < -0.3 is 9.47 Å². The average molecular weight is 232 g/mol. The van der Waals surface area contributed by atoms with Crippen molar-refractivity contribution in [1.29, 1.82) is 0 Å². The summed E-state index contributed by atoms with van der Waals surface area (Å²) in [5.41, 5.74) is 2.15. The molecule has 0 bridgehead atoms. The first-order chi connectivity index (χ1) is 8.14. The average Bonchev–Trinajstić information content (AvgIpc) is 2.73. The second kappa shape index (κ2) is 5.03. The summed E-state index contributed by atoms with van der Waals surface area (Å²) in [6.45, 7) is 6.93. The molecular formula is C15H20O2. The summed E-state index contributed by atoms with van der Waals surface area (Å²) in [4.78, 5) is 0. The molecule has 1 aromatic rings. The lowest BCUT2D eigenvalue weighted by atomic mass is 9.97. The van der Waals surface area contributed by atoms with Crippen LogP contribution in [0.4, 0.5) is 0 Å². The van der Waals surface area contributed by atoms with Crippen molar-refractivity contribution in [1.82, 2.24) is 0 Å². The van der Waals surface area contributed by atoms with E-state index in [0.29, 0.717) is 6.61 Å². The van der Waals surface area contributed by atoms with Crippen LogP contribution in [-0.4, -0.2) is 12.9 Å². The fraction of sp³-hybridized carbons (Fsp3) is 0.467. The van der Waals surface area contributed by atoms with Crippen LogP contribution in [0.25, 0.3) is 0 Å². The van der Waals surface area contributed by atoms with E-state index in [1.807, 2.05) is 18.2 Å². The Balaban J connectivity index is 2.11. The summed E-state index contributed by atoms with van der Waals surface area (Å²) < 4.78 is 11.7. The van der Waals surface area contributed by atoms with Gasteiger partial charge in [0.2, 0.25) is 0 Å². The zero-order valence-electron chi connectivity index (χ0n) is 10.8. The fourth-order valence-electron chi connectivity index (χ4n) is 1.94. The summed E-state index contributed by atoms with van der Waals surface area (Å²) in [7, 11) is 0. The molecule has 1 heterocycles. The third-order valence-corrected chi connectivity index (χ3v) is 3.26. The van der Waals surface area contributed by atoms with E-state index in [4.69, 9.17) is 9.47 Å².